The van der Waals surface area contributed by atoms with E-state index in [-0.39, 0.29) is 36.6 Å². The fourth-order valence-electron chi connectivity index (χ4n) is 2.85. The second-order valence-corrected chi connectivity index (χ2v) is 6.79. The van der Waals surface area contributed by atoms with Crippen LogP contribution in [0.1, 0.15) is 26.3 Å². The van der Waals surface area contributed by atoms with Crippen LogP contribution in [0.5, 0.6) is 0 Å². The van der Waals surface area contributed by atoms with Gasteiger partial charge in [0.2, 0.25) is 11.8 Å². The Morgan fingerprint density at radius 3 is 2.37 bits per heavy atom. The van der Waals surface area contributed by atoms with E-state index >= 15 is 0 Å². The van der Waals surface area contributed by atoms with Crippen LogP contribution >= 0.6 is 12.4 Å². The van der Waals surface area contributed by atoms with Crippen LogP contribution in [0.3, 0.4) is 0 Å². The van der Waals surface area contributed by atoms with Crippen LogP contribution in [-0.4, -0.2) is 37.5 Å². The summed E-state index contributed by atoms with van der Waals surface area (Å²) < 4.78 is 0. The van der Waals surface area contributed by atoms with Crippen molar-refractivity contribution in [2.75, 3.05) is 19.6 Å². The minimum atomic E-state index is -0.524. The van der Waals surface area contributed by atoms with Gasteiger partial charge in [0, 0.05) is 13.1 Å². The monoisotopic (exact) mass is 391 g/mol. The summed E-state index contributed by atoms with van der Waals surface area (Å²) in [6.45, 7) is 8.03. The summed E-state index contributed by atoms with van der Waals surface area (Å²) in [5.74, 6) is -0.250. The highest BCUT2D eigenvalue weighted by molar-refractivity contribution is 5.89. The smallest absolute Gasteiger partial charge is 0.242 e. The van der Waals surface area contributed by atoms with Crippen molar-refractivity contribution in [2.45, 2.75) is 33.2 Å². The zero-order valence-electron chi connectivity index (χ0n) is 16.2. The van der Waals surface area contributed by atoms with E-state index in [0.717, 1.165) is 29.4 Å². The van der Waals surface area contributed by atoms with Crippen molar-refractivity contribution >= 4 is 35.0 Å². The molecule has 1 atom stereocenters. The van der Waals surface area contributed by atoms with Crippen LogP contribution in [0.15, 0.2) is 42.5 Å². The number of amides is 2. The van der Waals surface area contributed by atoms with Gasteiger partial charge in [-0.05, 0) is 28.8 Å². The maximum atomic E-state index is 12.4. The lowest BCUT2D eigenvalue weighted by atomic mass is 10.0. The predicted molar refractivity (Wildman–Crippen MR) is 113 cm³/mol. The topological polar surface area (TPSA) is 70.2 Å². The lowest BCUT2D eigenvalue weighted by Gasteiger charge is -2.22. The summed E-state index contributed by atoms with van der Waals surface area (Å²) in [7, 11) is 0. The normalized spacial score (nSPS) is 11.7. The van der Waals surface area contributed by atoms with Gasteiger partial charge in [0.25, 0.3) is 0 Å². The van der Waals surface area contributed by atoms with Crippen molar-refractivity contribution in [2.24, 2.45) is 5.92 Å². The third-order valence-corrected chi connectivity index (χ3v) is 4.30. The first-order valence-electron chi connectivity index (χ1n) is 9.26. The summed E-state index contributed by atoms with van der Waals surface area (Å²) in [6, 6.07) is 13.5. The number of fused-ring (bicyclic) bond motifs is 1. The molecule has 2 aromatic carbocycles. The lowest BCUT2D eigenvalue weighted by molar-refractivity contribution is -0.129. The highest BCUT2D eigenvalue weighted by Gasteiger charge is 2.23. The van der Waals surface area contributed by atoms with E-state index in [1.807, 2.05) is 63.2 Å². The molecule has 2 rings (SSSR count). The van der Waals surface area contributed by atoms with Crippen molar-refractivity contribution < 1.29 is 9.59 Å². The molecule has 0 bridgehead atoms. The Kier molecular flexibility index (Phi) is 9.83. The number of rotatable bonds is 9. The van der Waals surface area contributed by atoms with Crippen LogP contribution < -0.4 is 16.0 Å². The quantitative estimate of drug-likeness (QED) is 0.575. The number of hydrogen-bond acceptors (Lipinski definition) is 3. The van der Waals surface area contributed by atoms with E-state index in [0.29, 0.717) is 6.54 Å². The zero-order valence-corrected chi connectivity index (χ0v) is 17.1. The van der Waals surface area contributed by atoms with Gasteiger partial charge in [0.15, 0.2) is 0 Å². The van der Waals surface area contributed by atoms with Gasteiger partial charge < -0.3 is 16.0 Å². The fraction of sp³-hybridized carbons (Fsp3) is 0.429. The first kappa shape index (κ1) is 22.9. The minimum absolute atomic E-state index is 0. The SMILES string of the molecule is CCNCCNC(=O)C(NC(=O)Cc1ccc2ccccc2c1)C(C)C.Cl. The first-order valence-corrected chi connectivity index (χ1v) is 9.26. The van der Waals surface area contributed by atoms with Crippen LogP contribution in [0.2, 0.25) is 0 Å². The van der Waals surface area contributed by atoms with Gasteiger partial charge in [-0.3, -0.25) is 9.59 Å². The van der Waals surface area contributed by atoms with E-state index in [4.69, 9.17) is 0 Å². The van der Waals surface area contributed by atoms with Crippen molar-refractivity contribution in [1.29, 1.82) is 0 Å². The number of carbonyl (C=O) groups excluding carboxylic acids is 2. The Balaban J connectivity index is 0.00000364. The number of halogens is 1. The molecule has 2 amide bonds. The molecule has 0 saturated carbocycles. The van der Waals surface area contributed by atoms with Gasteiger partial charge in [-0.25, -0.2) is 0 Å². The van der Waals surface area contributed by atoms with Crippen molar-refractivity contribution in [3.8, 4) is 0 Å². The Bertz CT molecular complexity index is 749. The largest absolute Gasteiger partial charge is 0.353 e. The summed E-state index contributed by atoms with van der Waals surface area (Å²) >= 11 is 0. The molecular formula is C21H30ClN3O2. The highest BCUT2D eigenvalue weighted by Crippen LogP contribution is 2.16. The third kappa shape index (κ3) is 7.19. The van der Waals surface area contributed by atoms with E-state index < -0.39 is 6.04 Å². The second-order valence-electron chi connectivity index (χ2n) is 6.79. The Labute approximate surface area is 167 Å². The number of nitrogens with one attached hydrogen (secondary N) is 3. The molecular weight excluding hydrogens is 362 g/mol. The number of benzene rings is 2. The van der Waals surface area contributed by atoms with Gasteiger partial charge in [-0.2, -0.15) is 0 Å². The summed E-state index contributed by atoms with van der Waals surface area (Å²) in [5, 5.41) is 11.2. The Morgan fingerprint density at radius 1 is 1.00 bits per heavy atom. The molecule has 0 aliphatic heterocycles. The molecule has 0 aliphatic carbocycles. The van der Waals surface area contributed by atoms with Crippen LogP contribution in [0, 0.1) is 5.92 Å². The maximum Gasteiger partial charge on any atom is 0.242 e. The van der Waals surface area contributed by atoms with Gasteiger partial charge in [0.1, 0.15) is 6.04 Å². The average molecular weight is 392 g/mol. The zero-order chi connectivity index (χ0) is 18.9. The standard InChI is InChI=1S/C21H29N3O2.ClH/c1-4-22-11-12-23-21(26)20(15(2)3)24-19(25)14-16-9-10-17-7-5-6-8-18(17)13-16;/h5-10,13,15,20,22H,4,11-12,14H2,1-3H3,(H,23,26)(H,24,25);1H. The molecule has 0 radical (unpaired) electrons. The van der Waals surface area contributed by atoms with E-state index in [1.165, 1.54) is 0 Å². The van der Waals surface area contributed by atoms with Crippen LogP contribution in [0.4, 0.5) is 0 Å². The summed E-state index contributed by atoms with van der Waals surface area (Å²) in [4.78, 5) is 24.8. The van der Waals surface area contributed by atoms with Crippen molar-refractivity contribution in [1.82, 2.24) is 16.0 Å². The molecule has 1 unspecified atom stereocenters. The average Bonchev–Trinajstić information content (AvgIpc) is 2.62. The van der Waals surface area contributed by atoms with Crippen molar-refractivity contribution in [3.05, 3.63) is 48.0 Å². The van der Waals surface area contributed by atoms with Crippen molar-refractivity contribution in [3.63, 3.8) is 0 Å². The number of likely N-dealkylation sites (N-methyl/N-ethyl adjacent to an activating group) is 1. The molecule has 148 valence electrons. The highest BCUT2D eigenvalue weighted by atomic mass is 35.5. The molecule has 2 aromatic rings. The number of hydrogen-bond donors (Lipinski definition) is 3. The Hall–Kier alpha value is -2.11. The van der Waals surface area contributed by atoms with E-state index in [2.05, 4.69) is 16.0 Å². The first-order chi connectivity index (χ1) is 12.5. The Morgan fingerprint density at radius 2 is 1.70 bits per heavy atom. The van der Waals surface area contributed by atoms with E-state index in [9.17, 15) is 9.59 Å². The molecule has 0 aliphatic rings. The second kappa shape index (κ2) is 11.6. The molecule has 0 aromatic heterocycles. The molecule has 0 heterocycles. The lowest BCUT2D eigenvalue weighted by Crippen LogP contribution is -2.51. The third-order valence-electron chi connectivity index (χ3n) is 4.30. The molecule has 5 nitrogen and oxygen atoms in total. The minimum Gasteiger partial charge on any atom is -0.353 e. The summed E-state index contributed by atoms with van der Waals surface area (Å²) in [5.41, 5.74) is 0.941. The molecule has 0 fully saturated rings. The molecule has 3 N–H and O–H groups in total. The van der Waals surface area contributed by atoms with Gasteiger partial charge in [0.05, 0.1) is 6.42 Å². The predicted octanol–water partition coefficient (Wildman–Crippen LogP) is 2.67. The maximum absolute atomic E-state index is 12.4. The molecule has 0 saturated heterocycles. The van der Waals surface area contributed by atoms with Crippen LogP contribution in [0.25, 0.3) is 10.8 Å². The van der Waals surface area contributed by atoms with Gasteiger partial charge in [-0.1, -0.05) is 63.2 Å². The van der Waals surface area contributed by atoms with Gasteiger partial charge in [-0.15, -0.1) is 12.4 Å². The number of carbonyl (C=O) groups is 2. The van der Waals surface area contributed by atoms with E-state index in [1.54, 1.807) is 0 Å². The molecule has 6 heteroatoms. The van der Waals surface area contributed by atoms with Gasteiger partial charge >= 0.3 is 0 Å². The molecule has 0 spiro atoms. The molecule has 27 heavy (non-hydrogen) atoms. The van der Waals surface area contributed by atoms with Crippen LogP contribution in [-0.2, 0) is 16.0 Å². The fourth-order valence-corrected chi connectivity index (χ4v) is 2.85. The summed E-state index contributed by atoms with van der Waals surface area (Å²) in [6.07, 6.45) is 0.263.